The summed E-state index contributed by atoms with van der Waals surface area (Å²) < 4.78 is 5.29. The van der Waals surface area contributed by atoms with Crippen molar-refractivity contribution in [2.24, 2.45) is 5.73 Å². The van der Waals surface area contributed by atoms with Crippen molar-refractivity contribution < 1.29 is 14.6 Å². The van der Waals surface area contributed by atoms with Crippen LogP contribution in [0.1, 0.15) is 44.7 Å². The minimum absolute atomic E-state index is 0.183. The van der Waals surface area contributed by atoms with Crippen LogP contribution >= 0.6 is 0 Å². The van der Waals surface area contributed by atoms with Gasteiger partial charge in [0.1, 0.15) is 5.60 Å². The Hall–Kier alpha value is -1.59. The van der Waals surface area contributed by atoms with E-state index in [9.17, 15) is 9.90 Å². The summed E-state index contributed by atoms with van der Waals surface area (Å²) >= 11 is 0. The zero-order valence-electron chi connectivity index (χ0n) is 13.8. The predicted octanol–water partition coefficient (Wildman–Crippen LogP) is 2.69. The highest BCUT2D eigenvalue weighted by molar-refractivity contribution is 5.86. The molecule has 122 valence electrons. The second kappa shape index (κ2) is 5.89. The summed E-state index contributed by atoms with van der Waals surface area (Å²) in [6, 6.07) is 5.93. The molecule has 1 fully saturated rings. The highest BCUT2D eigenvalue weighted by Gasteiger charge is 2.43. The molecule has 5 nitrogen and oxygen atoms in total. The number of nitrogens with one attached hydrogen (secondary N) is 1. The molecule has 0 aliphatic heterocycles. The van der Waals surface area contributed by atoms with E-state index in [0.29, 0.717) is 19.4 Å². The monoisotopic (exact) mass is 306 g/mol. The molecule has 0 aromatic heterocycles. The lowest BCUT2D eigenvalue weighted by atomic mass is 9.62. The molecule has 1 aliphatic rings. The lowest BCUT2D eigenvalue weighted by Gasteiger charge is -2.45. The molecular weight excluding hydrogens is 280 g/mol. The molecule has 2 rings (SSSR count). The van der Waals surface area contributed by atoms with Crippen LogP contribution in [0.2, 0.25) is 0 Å². The summed E-state index contributed by atoms with van der Waals surface area (Å²) in [5.41, 5.74) is 7.93. The summed E-state index contributed by atoms with van der Waals surface area (Å²) in [7, 11) is 0. The van der Waals surface area contributed by atoms with Crippen molar-refractivity contribution in [3.05, 3.63) is 29.3 Å². The number of hydrogen-bond donors (Lipinski definition) is 3. The van der Waals surface area contributed by atoms with Crippen molar-refractivity contribution in [2.75, 3.05) is 11.9 Å². The SMILES string of the molecule is Cc1ccc(C2(CN)CC(O)C2)cc1NC(=O)OC(C)(C)C. The average molecular weight is 306 g/mol. The fraction of sp³-hybridized carbons (Fsp3) is 0.588. The number of nitrogens with two attached hydrogens (primary N) is 1. The van der Waals surface area contributed by atoms with E-state index < -0.39 is 11.7 Å². The van der Waals surface area contributed by atoms with E-state index >= 15 is 0 Å². The maximum Gasteiger partial charge on any atom is 0.412 e. The van der Waals surface area contributed by atoms with Gasteiger partial charge in [0.2, 0.25) is 0 Å². The maximum atomic E-state index is 11.9. The quantitative estimate of drug-likeness (QED) is 0.801. The zero-order chi connectivity index (χ0) is 16.5. The van der Waals surface area contributed by atoms with E-state index in [-0.39, 0.29) is 11.5 Å². The molecular formula is C17H26N2O3. The van der Waals surface area contributed by atoms with E-state index in [0.717, 1.165) is 16.8 Å². The van der Waals surface area contributed by atoms with E-state index in [1.165, 1.54) is 0 Å². The summed E-state index contributed by atoms with van der Waals surface area (Å²) in [5.74, 6) is 0. The fourth-order valence-electron chi connectivity index (χ4n) is 2.86. The predicted molar refractivity (Wildman–Crippen MR) is 87.0 cm³/mol. The second-order valence-electron chi connectivity index (χ2n) is 7.20. The van der Waals surface area contributed by atoms with Gasteiger partial charge in [-0.3, -0.25) is 5.32 Å². The molecule has 1 saturated carbocycles. The Morgan fingerprint density at radius 2 is 2.09 bits per heavy atom. The third-order valence-corrected chi connectivity index (χ3v) is 4.13. The zero-order valence-corrected chi connectivity index (χ0v) is 13.8. The lowest BCUT2D eigenvalue weighted by molar-refractivity contribution is 0.0221. The molecule has 22 heavy (non-hydrogen) atoms. The van der Waals surface area contributed by atoms with Gasteiger partial charge in [-0.05, 0) is 57.7 Å². The Labute approximate surface area is 131 Å². The topological polar surface area (TPSA) is 84.6 Å². The van der Waals surface area contributed by atoms with Gasteiger partial charge in [0.05, 0.1) is 6.10 Å². The van der Waals surface area contributed by atoms with Crippen molar-refractivity contribution in [1.29, 1.82) is 0 Å². The first-order valence-electron chi connectivity index (χ1n) is 7.64. The van der Waals surface area contributed by atoms with Crippen LogP contribution < -0.4 is 11.1 Å². The molecule has 0 unspecified atom stereocenters. The first-order chi connectivity index (χ1) is 10.1. The van der Waals surface area contributed by atoms with E-state index in [2.05, 4.69) is 5.32 Å². The van der Waals surface area contributed by atoms with Crippen molar-refractivity contribution in [1.82, 2.24) is 0 Å². The molecule has 0 saturated heterocycles. The Bertz CT molecular complexity index is 558. The van der Waals surface area contributed by atoms with Gasteiger partial charge in [-0.2, -0.15) is 0 Å². The Morgan fingerprint density at radius 1 is 1.45 bits per heavy atom. The number of ether oxygens (including phenoxy) is 1. The van der Waals surface area contributed by atoms with Gasteiger partial charge >= 0.3 is 6.09 Å². The number of aliphatic hydroxyl groups excluding tert-OH is 1. The van der Waals surface area contributed by atoms with E-state index in [4.69, 9.17) is 10.5 Å². The molecule has 1 aromatic carbocycles. The lowest BCUT2D eigenvalue weighted by Crippen LogP contribution is -2.49. The molecule has 1 aliphatic carbocycles. The Kier molecular flexibility index (Phi) is 4.49. The van der Waals surface area contributed by atoms with Crippen molar-refractivity contribution in [3.63, 3.8) is 0 Å². The van der Waals surface area contributed by atoms with Crippen molar-refractivity contribution in [3.8, 4) is 0 Å². The normalized spacial score (nSPS) is 24.5. The van der Waals surface area contributed by atoms with Gasteiger partial charge < -0.3 is 15.6 Å². The molecule has 0 bridgehead atoms. The first kappa shape index (κ1) is 16.8. The highest BCUT2D eigenvalue weighted by atomic mass is 16.6. The summed E-state index contributed by atoms with van der Waals surface area (Å²) in [6.45, 7) is 7.90. The first-order valence-corrected chi connectivity index (χ1v) is 7.64. The van der Waals surface area contributed by atoms with Crippen LogP contribution in [0.5, 0.6) is 0 Å². The van der Waals surface area contributed by atoms with Crippen LogP contribution in [0.3, 0.4) is 0 Å². The summed E-state index contributed by atoms with van der Waals surface area (Å²) in [5, 5.41) is 12.4. The minimum atomic E-state index is -0.536. The number of anilines is 1. The van der Waals surface area contributed by atoms with Gasteiger partial charge in [0.25, 0.3) is 0 Å². The number of aliphatic hydroxyl groups is 1. The van der Waals surface area contributed by atoms with Gasteiger partial charge in [0, 0.05) is 17.6 Å². The minimum Gasteiger partial charge on any atom is -0.444 e. The third-order valence-electron chi connectivity index (χ3n) is 4.13. The molecule has 0 atom stereocenters. The number of benzene rings is 1. The molecule has 0 radical (unpaired) electrons. The van der Waals surface area contributed by atoms with Crippen molar-refractivity contribution in [2.45, 2.75) is 57.7 Å². The van der Waals surface area contributed by atoms with Crippen LogP contribution in [-0.4, -0.2) is 29.4 Å². The number of amides is 1. The number of aryl methyl sites for hydroxylation is 1. The molecule has 5 heteroatoms. The third kappa shape index (κ3) is 3.59. The van der Waals surface area contributed by atoms with E-state index in [1.807, 2.05) is 45.9 Å². The molecule has 4 N–H and O–H groups in total. The largest absolute Gasteiger partial charge is 0.444 e. The van der Waals surface area contributed by atoms with Crippen LogP contribution in [0.15, 0.2) is 18.2 Å². The van der Waals surface area contributed by atoms with Crippen LogP contribution in [0.4, 0.5) is 10.5 Å². The van der Waals surface area contributed by atoms with Crippen LogP contribution in [0, 0.1) is 6.92 Å². The van der Waals surface area contributed by atoms with Crippen LogP contribution in [-0.2, 0) is 10.2 Å². The van der Waals surface area contributed by atoms with Gasteiger partial charge in [-0.1, -0.05) is 12.1 Å². The summed E-state index contributed by atoms with van der Waals surface area (Å²) in [6.07, 6.45) is 0.576. The fourth-order valence-corrected chi connectivity index (χ4v) is 2.86. The van der Waals surface area contributed by atoms with Crippen molar-refractivity contribution >= 4 is 11.8 Å². The van der Waals surface area contributed by atoms with Gasteiger partial charge in [-0.25, -0.2) is 4.79 Å². The Morgan fingerprint density at radius 3 is 2.59 bits per heavy atom. The summed E-state index contributed by atoms with van der Waals surface area (Å²) in [4.78, 5) is 11.9. The smallest absolute Gasteiger partial charge is 0.412 e. The second-order valence-corrected chi connectivity index (χ2v) is 7.20. The van der Waals surface area contributed by atoms with Gasteiger partial charge in [0.15, 0.2) is 0 Å². The number of carbonyl (C=O) groups excluding carboxylic acids is 1. The molecule has 0 spiro atoms. The van der Waals surface area contributed by atoms with Gasteiger partial charge in [-0.15, -0.1) is 0 Å². The Balaban J connectivity index is 2.19. The van der Waals surface area contributed by atoms with Crippen LogP contribution in [0.25, 0.3) is 0 Å². The molecule has 0 heterocycles. The molecule has 1 amide bonds. The maximum absolute atomic E-state index is 11.9. The average Bonchev–Trinajstić information content (AvgIpc) is 2.35. The number of hydrogen-bond acceptors (Lipinski definition) is 4. The number of rotatable bonds is 3. The molecule has 1 aromatic rings. The standard InChI is InChI=1S/C17H26N2O3/c1-11-5-6-12(17(10-18)8-13(20)9-17)7-14(11)19-15(21)22-16(2,3)4/h5-7,13,20H,8-10,18H2,1-4H3,(H,19,21). The number of carbonyl (C=O) groups is 1. The van der Waals surface area contributed by atoms with E-state index in [1.54, 1.807) is 0 Å². The highest BCUT2D eigenvalue weighted by Crippen LogP contribution is 2.44.